The second-order valence-electron chi connectivity index (χ2n) is 5.00. The molecule has 1 aromatic carbocycles. The molecular weight excluding hydrogens is 255 g/mol. The highest BCUT2D eigenvalue weighted by molar-refractivity contribution is 5.29. The minimum atomic E-state index is -4.30. The summed E-state index contributed by atoms with van der Waals surface area (Å²) in [4.78, 5) is 0. The Kier molecular flexibility index (Phi) is 4.16. The van der Waals surface area contributed by atoms with E-state index < -0.39 is 11.7 Å². The number of ether oxygens (including phenoxy) is 1. The molecule has 0 aromatic heterocycles. The van der Waals surface area contributed by atoms with Gasteiger partial charge in [-0.05, 0) is 30.9 Å². The van der Waals surface area contributed by atoms with Gasteiger partial charge in [-0.1, -0.05) is 18.2 Å². The summed E-state index contributed by atoms with van der Waals surface area (Å²) in [5.41, 5.74) is -0.462. The van der Waals surface area contributed by atoms with Gasteiger partial charge in [-0.25, -0.2) is 0 Å². The van der Waals surface area contributed by atoms with Crippen molar-refractivity contribution in [1.82, 2.24) is 5.32 Å². The molecule has 0 bridgehead atoms. The van der Waals surface area contributed by atoms with E-state index in [4.69, 9.17) is 4.74 Å². The summed E-state index contributed by atoms with van der Waals surface area (Å²) in [5.74, 6) is 0. The smallest absolute Gasteiger partial charge is 0.377 e. The van der Waals surface area contributed by atoms with Crippen LogP contribution >= 0.6 is 0 Å². The van der Waals surface area contributed by atoms with Gasteiger partial charge in [0.15, 0.2) is 0 Å². The minimum Gasteiger partial charge on any atom is -0.377 e. The number of alkyl halides is 3. The van der Waals surface area contributed by atoms with Crippen LogP contribution in [0.2, 0.25) is 0 Å². The lowest BCUT2D eigenvalue weighted by atomic mass is 9.80. The van der Waals surface area contributed by atoms with Crippen molar-refractivity contribution in [3.05, 3.63) is 35.4 Å². The maximum atomic E-state index is 12.8. The lowest BCUT2D eigenvalue weighted by Gasteiger charge is -2.40. The number of rotatable bonds is 5. The lowest BCUT2D eigenvalue weighted by molar-refractivity contribution is -0.138. The SMILES string of the molecule is COC1(CNCc2ccccc2C(F)(F)F)CCC1. The Hall–Kier alpha value is -1.07. The molecule has 1 saturated carbocycles. The van der Waals surface area contributed by atoms with Gasteiger partial charge in [-0.2, -0.15) is 13.2 Å². The van der Waals surface area contributed by atoms with Crippen LogP contribution < -0.4 is 5.32 Å². The molecule has 1 aromatic rings. The highest BCUT2D eigenvalue weighted by Gasteiger charge is 2.37. The van der Waals surface area contributed by atoms with E-state index in [1.54, 1.807) is 13.2 Å². The van der Waals surface area contributed by atoms with Crippen LogP contribution in [0.5, 0.6) is 0 Å². The summed E-state index contributed by atoms with van der Waals surface area (Å²) >= 11 is 0. The highest BCUT2D eigenvalue weighted by atomic mass is 19.4. The molecule has 0 atom stereocenters. The van der Waals surface area contributed by atoms with Gasteiger partial charge in [-0.15, -0.1) is 0 Å². The number of benzene rings is 1. The zero-order chi connectivity index (χ0) is 13.9. The maximum absolute atomic E-state index is 12.8. The Morgan fingerprint density at radius 3 is 2.47 bits per heavy atom. The normalized spacial score (nSPS) is 18.1. The van der Waals surface area contributed by atoms with Gasteiger partial charge < -0.3 is 10.1 Å². The molecule has 5 heteroatoms. The molecule has 1 N–H and O–H groups in total. The average Bonchev–Trinajstić information content (AvgIpc) is 2.32. The second kappa shape index (κ2) is 5.51. The first-order valence-electron chi connectivity index (χ1n) is 6.38. The minimum absolute atomic E-state index is 0.173. The lowest BCUT2D eigenvalue weighted by Crippen LogP contribution is -2.47. The van der Waals surface area contributed by atoms with Crippen molar-refractivity contribution in [2.75, 3.05) is 13.7 Å². The fraction of sp³-hybridized carbons (Fsp3) is 0.571. The van der Waals surface area contributed by atoms with Crippen LogP contribution in [0.4, 0.5) is 13.2 Å². The first-order valence-corrected chi connectivity index (χ1v) is 6.38. The molecular formula is C14H18F3NO. The average molecular weight is 273 g/mol. The summed E-state index contributed by atoms with van der Waals surface area (Å²) in [6.45, 7) is 0.802. The molecule has 0 saturated heterocycles. The molecule has 0 aliphatic heterocycles. The summed E-state index contributed by atoms with van der Waals surface area (Å²) in [6.07, 6.45) is -1.24. The Bertz CT molecular complexity index is 421. The highest BCUT2D eigenvalue weighted by Crippen LogP contribution is 2.35. The van der Waals surface area contributed by atoms with Crippen LogP contribution in [0.3, 0.4) is 0 Å². The third kappa shape index (κ3) is 3.28. The van der Waals surface area contributed by atoms with E-state index in [1.165, 1.54) is 12.1 Å². The van der Waals surface area contributed by atoms with Gasteiger partial charge in [0.1, 0.15) is 0 Å². The number of hydrogen-bond donors (Lipinski definition) is 1. The van der Waals surface area contributed by atoms with Crippen molar-refractivity contribution in [2.24, 2.45) is 0 Å². The van der Waals surface area contributed by atoms with Crippen LogP contribution in [-0.4, -0.2) is 19.3 Å². The molecule has 1 aliphatic rings. The van der Waals surface area contributed by atoms with Crippen LogP contribution in [0, 0.1) is 0 Å². The quantitative estimate of drug-likeness (QED) is 0.888. The van der Waals surface area contributed by atoms with Crippen LogP contribution in [0.1, 0.15) is 30.4 Å². The fourth-order valence-electron chi connectivity index (χ4n) is 2.40. The Balaban J connectivity index is 1.96. The topological polar surface area (TPSA) is 21.3 Å². The Labute approximate surface area is 111 Å². The van der Waals surface area contributed by atoms with Crippen molar-refractivity contribution >= 4 is 0 Å². The molecule has 0 spiro atoms. The van der Waals surface area contributed by atoms with Crippen molar-refractivity contribution in [1.29, 1.82) is 0 Å². The molecule has 0 unspecified atom stereocenters. The number of hydrogen-bond acceptors (Lipinski definition) is 2. The largest absolute Gasteiger partial charge is 0.416 e. The predicted molar refractivity (Wildman–Crippen MR) is 66.7 cm³/mol. The first kappa shape index (κ1) is 14.3. The Morgan fingerprint density at radius 2 is 1.95 bits per heavy atom. The van der Waals surface area contributed by atoms with Crippen molar-refractivity contribution in [3.8, 4) is 0 Å². The number of halogens is 3. The van der Waals surface area contributed by atoms with Gasteiger partial charge >= 0.3 is 6.18 Å². The van der Waals surface area contributed by atoms with E-state index in [0.717, 1.165) is 25.3 Å². The van der Waals surface area contributed by atoms with Crippen LogP contribution in [0.15, 0.2) is 24.3 Å². The first-order chi connectivity index (χ1) is 8.97. The molecule has 2 nitrogen and oxygen atoms in total. The zero-order valence-electron chi connectivity index (χ0n) is 10.9. The van der Waals surface area contributed by atoms with E-state index in [0.29, 0.717) is 6.54 Å². The summed E-state index contributed by atoms with van der Waals surface area (Å²) in [7, 11) is 1.66. The molecule has 0 radical (unpaired) electrons. The van der Waals surface area contributed by atoms with Crippen LogP contribution in [0.25, 0.3) is 0 Å². The Morgan fingerprint density at radius 1 is 1.26 bits per heavy atom. The standard InChI is InChI=1S/C14H18F3NO/c1-19-13(7-4-8-13)10-18-9-11-5-2-3-6-12(11)14(15,16)17/h2-3,5-6,18H,4,7-10H2,1H3. The van der Waals surface area contributed by atoms with Crippen molar-refractivity contribution < 1.29 is 17.9 Å². The molecule has 106 valence electrons. The second-order valence-corrected chi connectivity index (χ2v) is 5.00. The van der Waals surface area contributed by atoms with Gasteiger partial charge in [0.2, 0.25) is 0 Å². The molecule has 19 heavy (non-hydrogen) atoms. The zero-order valence-corrected chi connectivity index (χ0v) is 10.9. The van der Waals surface area contributed by atoms with Crippen molar-refractivity contribution in [2.45, 2.75) is 37.6 Å². The van der Waals surface area contributed by atoms with Gasteiger partial charge in [0.25, 0.3) is 0 Å². The number of nitrogens with one attached hydrogen (secondary N) is 1. The van der Waals surface area contributed by atoms with Gasteiger partial charge in [-0.3, -0.25) is 0 Å². The molecule has 0 heterocycles. The van der Waals surface area contributed by atoms with E-state index in [9.17, 15) is 13.2 Å². The van der Waals surface area contributed by atoms with Gasteiger partial charge in [0, 0.05) is 20.2 Å². The maximum Gasteiger partial charge on any atom is 0.416 e. The monoisotopic (exact) mass is 273 g/mol. The summed E-state index contributed by atoms with van der Waals surface area (Å²) in [6, 6.07) is 5.67. The molecule has 2 rings (SSSR count). The van der Waals surface area contributed by atoms with Crippen LogP contribution in [-0.2, 0) is 17.5 Å². The predicted octanol–water partition coefficient (Wildman–Crippen LogP) is 3.36. The van der Waals surface area contributed by atoms with E-state index in [1.807, 2.05) is 0 Å². The van der Waals surface area contributed by atoms with Gasteiger partial charge in [0.05, 0.1) is 11.2 Å². The third-order valence-electron chi connectivity index (χ3n) is 3.78. The van der Waals surface area contributed by atoms with Crippen molar-refractivity contribution in [3.63, 3.8) is 0 Å². The molecule has 1 aliphatic carbocycles. The summed E-state index contributed by atoms with van der Waals surface area (Å²) < 4.78 is 43.8. The number of methoxy groups -OCH3 is 1. The van der Waals surface area contributed by atoms with E-state index >= 15 is 0 Å². The van der Waals surface area contributed by atoms with E-state index in [-0.39, 0.29) is 17.7 Å². The molecule has 1 fully saturated rings. The summed E-state index contributed by atoms with van der Waals surface area (Å²) in [5, 5.41) is 3.08. The van der Waals surface area contributed by atoms with E-state index in [2.05, 4.69) is 5.32 Å². The third-order valence-corrected chi connectivity index (χ3v) is 3.78. The fourth-order valence-corrected chi connectivity index (χ4v) is 2.40. The molecule has 0 amide bonds.